The molecule has 1 aromatic heterocycles. The van der Waals surface area contributed by atoms with E-state index in [1.54, 1.807) is 0 Å². The maximum atomic E-state index is 6.12. The first kappa shape index (κ1) is 13.8. The van der Waals surface area contributed by atoms with Crippen LogP contribution in [0.1, 0.15) is 31.1 Å². The monoisotopic (exact) mass is 286 g/mol. The topological polar surface area (TPSA) is 65.1 Å². The summed E-state index contributed by atoms with van der Waals surface area (Å²) in [6.07, 6.45) is 1.07. The van der Waals surface area contributed by atoms with Crippen LogP contribution >= 0.6 is 0 Å². The molecule has 3 N–H and O–H groups in total. The summed E-state index contributed by atoms with van der Waals surface area (Å²) in [5.41, 5.74) is 8.98. The van der Waals surface area contributed by atoms with Gasteiger partial charge in [0.05, 0.1) is 17.9 Å². The number of anilines is 2. The lowest BCUT2D eigenvalue weighted by Gasteiger charge is -2.16. The number of para-hydroxylation sites is 1. The molecule has 1 aliphatic rings. The Labute approximate surface area is 125 Å². The van der Waals surface area contributed by atoms with Crippen molar-refractivity contribution in [1.29, 1.82) is 0 Å². The molecule has 112 valence electrons. The lowest BCUT2D eigenvalue weighted by Crippen LogP contribution is -2.25. The third-order valence-electron chi connectivity index (χ3n) is 3.83. The Morgan fingerprint density at radius 1 is 1.43 bits per heavy atom. The fourth-order valence-electron chi connectivity index (χ4n) is 2.69. The van der Waals surface area contributed by atoms with Crippen molar-refractivity contribution in [3.05, 3.63) is 35.5 Å². The zero-order chi connectivity index (χ0) is 15.0. The van der Waals surface area contributed by atoms with Crippen molar-refractivity contribution in [3.8, 4) is 5.75 Å². The normalized spacial score (nSPS) is 16.9. The van der Waals surface area contributed by atoms with Gasteiger partial charge < -0.3 is 15.8 Å². The summed E-state index contributed by atoms with van der Waals surface area (Å²) >= 11 is 0. The van der Waals surface area contributed by atoms with Gasteiger partial charge in [-0.15, -0.1) is 0 Å². The van der Waals surface area contributed by atoms with E-state index < -0.39 is 0 Å². The van der Waals surface area contributed by atoms with Gasteiger partial charge in [0.15, 0.2) is 0 Å². The summed E-state index contributed by atoms with van der Waals surface area (Å²) in [4.78, 5) is 0. The van der Waals surface area contributed by atoms with Crippen LogP contribution in [0.3, 0.4) is 0 Å². The molecule has 0 fully saturated rings. The zero-order valence-electron chi connectivity index (χ0n) is 12.8. The summed E-state index contributed by atoms with van der Waals surface area (Å²) in [5.74, 6) is 1.88. The third-order valence-corrected chi connectivity index (χ3v) is 3.83. The first-order valence-corrected chi connectivity index (χ1v) is 7.39. The smallest absolute Gasteiger partial charge is 0.148 e. The van der Waals surface area contributed by atoms with Gasteiger partial charge in [-0.05, 0) is 32.4 Å². The number of nitrogens with two attached hydrogens (primary N) is 1. The second-order valence-corrected chi connectivity index (χ2v) is 5.82. The van der Waals surface area contributed by atoms with Crippen molar-refractivity contribution in [2.75, 3.05) is 17.6 Å². The van der Waals surface area contributed by atoms with E-state index in [4.69, 9.17) is 10.5 Å². The molecule has 0 bridgehead atoms. The number of nitrogens with one attached hydrogen (secondary N) is 1. The Bertz CT molecular complexity index is 623. The second-order valence-electron chi connectivity index (χ2n) is 5.82. The molecule has 0 aliphatic carbocycles. The summed E-state index contributed by atoms with van der Waals surface area (Å²) in [6.45, 7) is 6.84. The van der Waals surface area contributed by atoms with Crippen LogP contribution in [0.25, 0.3) is 0 Å². The van der Waals surface area contributed by atoms with E-state index in [1.807, 2.05) is 29.8 Å². The Morgan fingerprint density at radius 3 is 2.90 bits per heavy atom. The van der Waals surface area contributed by atoms with Crippen LogP contribution in [0, 0.1) is 6.92 Å². The van der Waals surface area contributed by atoms with Gasteiger partial charge in [0, 0.05) is 12.5 Å². The summed E-state index contributed by atoms with van der Waals surface area (Å²) in [7, 11) is 0. The zero-order valence-corrected chi connectivity index (χ0v) is 12.8. The van der Waals surface area contributed by atoms with E-state index >= 15 is 0 Å². The summed E-state index contributed by atoms with van der Waals surface area (Å²) < 4.78 is 7.88. The SMILES string of the molecule is Cc1nn(C(C)C)c(NCC2Cc3ccccc3O2)c1N. The largest absolute Gasteiger partial charge is 0.488 e. The average Bonchev–Trinajstić information content (AvgIpc) is 2.99. The standard InChI is InChI=1S/C16H22N4O/c1-10(2)20-16(15(17)11(3)19-20)18-9-13-8-12-6-4-5-7-14(12)21-13/h4-7,10,13,18H,8-9,17H2,1-3H3. The molecular formula is C16H22N4O. The lowest BCUT2D eigenvalue weighted by atomic mass is 10.1. The van der Waals surface area contributed by atoms with Gasteiger partial charge in [0.25, 0.3) is 0 Å². The highest BCUT2D eigenvalue weighted by atomic mass is 16.5. The Morgan fingerprint density at radius 2 is 2.19 bits per heavy atom. The molecule has 0 saturated carbocycles. The molecular weight excluding hydrogens is 264 g/mol. The molecule has 1 aliphatic heterocycles. The van der Waals surface area contributed by atoms with Crippen LogP contribution in [-0.4, -0.2) is 22.4 Å². The van der Waals surface area contributed by atoms with E-state index in [2.05, 4.69) is 30.3 Å². The fourth-order valence-corrected chi connectivity index (χ4v) is 2.69. The number of hydrogen-bond acceptors (Lipinski definition) is 4. The fraction of sp³-hybridized carbons (Fsp3) is 0.438. The maximum Gasteiger partial charge on any atom is 0.148 e. The molecule has 2 heterocycles. The van der Waals surface area contributed by atoms with E-state index in [1.165, 1.54) is 5.56 Å². The summed E-state index contributed by atoms with van der Waals surface area (Å²) in [6, 6.07) is 8.46. The number of aryl methyl sites for hydroxylation is 1. The van der Waals surface area contributed by atoms with E-state index in [9.17, 15) is 0 Å². The molecule has 1 atom stereocenters. The van der Waals surface area contributed by atoms with Gasteiger partial charge in [-0.1, -0.05) is 18.2 Å². The number of aromatic nitrogens is 2. The van der Waals surface area contributed by atoms with Crippen molar-refractivity contribution in [1.82, 2.24) is 9.78 Å². The number of fused-ring (bicyclic) bond motifs is 1. The van der Waals surface area contributed by atoms with Gasteiger partial charge >= 0.3 is 0 Å². The number of nitrogen functional groups attached to an aromatic ring is 1. The maximum absolute atomic E-state index is 6.12. The van der Waals surface area contributed by atoms with E-state index in [-0.39, 0.29) is 12.1 Å². The van der Waals surface area contributed by atoms with Gasteiger partial charge in [-0.3, -0.25) is 0 Å². The van der Waals surface area contributed by atoms with E-state index in [0.717, 1.165) is 35.9 Å². The van der Waals surface area contributed by atoms with Crippen LogP contribution in [-0.2, 0) is 6.42 Å². The van der Waals surface area contributed by atoms with Crippen LogP contribution in [0.5, 0.6) is 5.75 Å². The summed E-state index contributed by atoms with van der Waals surface area (Å²) in [5, 5.41) is 7.89. The molecule has 21 heavy (non-hydrogen) atoms. The number of rotatable bonds is 4. The molecule has 0 amide bonds. The number of ether oxygens (including phenoxy) is 1. The number of nitrogens with zero attached hydrogens (tertiary/aromatic N) is 2. The van der Waals surface area contributed by atoms with Crippen molar-refractivity contribution >= 4 is 11.5 Å². The Balaban J connectivity index is 1.70. The molecule has 3 rings (SSSR count). The van der Waals surface area contributed by atoms with Gasteiger partial charge in [-0.2, -0.15) is 5.10 Å². The molecule has 2 aromatic rings. The van der Waals surface area contributed by atoms with Crippen LogP contribution in [0.2, 0.25) is 0 Å². The van der Waals surface area contributed by atoms with Crippen molar-refractivity contribution in [3.63, 3.8) is 0 Å². The van der Waals surface area contributed by atoms with Crippen LogP contribution < -0.4 is 15.8 Å². The lowest BCUT2D eigenvalue weighted by molar-refractivity contribution is 0.246. The number of hydrogen-bond donors (Lipinski definition) is 2. The Hall–Kier alpha value is -2.17. The Kier molecular flexibility index (Phi) is 3.49. The van der Waals surface area contributed by atoms with Gasteiger partial charge in [0.1, 0.15) is 17.7 Å². The van der Waals surface area contributed by atoms with Crippen LogP contribution in [0.15, 0.2) is 24.3 Å². The van der Waals surface area contributed by atoms with Gasteiger partial charge in [-0.25, -0.2) is 4.68 Å². The minimum atomic E-state index is 0.137. The third kappa shape index (κ3) is 2.55. The highest BCUT2D eigenvalue weighted by Crippen LogP contribution is 2.29. The first-order chi connectivity index (χ1) is 10.1. The predicted molar refractivity (Wildman–Crippen MR) is 84.8 cm³/mol. The minimum Gasteiger partial charge on any atom is -0.488 e. The highest BCUT2D eigenvalue weighted by molar-refractivity contribution is 5.65. The van der Waals surface area contributed by atoms with Gasteiger partial charge in [0.2, 0.25) is 0 Å². The molecule has 0 radical (unpaired) electrons. The average molecular weight is 286 g/mol. The molecule has 0 spiro atoms. The molecule has 5 nitrogen and oxygen atoms in total. The molecule has 1 aromatic carbocycles. The predicted octanol–water partition coefficient (Wildman–Crippen LogP) is 2.77. The van der Waals surface area contributed by atoms with E-state index in [0.29, 0.717) is 0 Å². The second kappa shape index (κ2) is 5.31. The molecule has 1 unspecified atom stereocenters. The minimum absolute atomic E-state index is 0.137. The molecule has 0 saturated heterocycles. The quantitative estimate of drug-likeness (QED) is 0.907. The first-order valence-electron chi connectivity index (χ1n) is 7.39. The van der Waals surface area contributed by atoms with Crippen molar-refractivity contribution in [2.45, 2.75) is 39.3 Å². The van der Waals surface area contributed by atoms with Crippen molar-refractivity contribution < 1.29 is 4.74 Å². The van der Waals surface area contributed by atoms with Crippen molar-refractivity contribution in [2.24, 2.45) is 0 Å². The number of benzene rings is 1. The molecule has 5 heteroatoms. The van der Waals surface area contributed by atoms with Crippen LogP contribution in [0.4, 0.5) is 11.5 Å². The highest BCUT2D eigenvalue weighted by Gasteiger charge is 2.23.